The van der Waals surface area contributed by atoms with Gasteiger partial charge in [0.15, 0.2) is 22.8 Å². The second-order valence-electron chi connectivity index (χ2n) is 25.1. The molecule has 0 amide bonds. The van der Waals surface area contributed by atoms with Crippen molar-refractivity contribution in [2.24, 2.45) is 0 Å². The van der Waals surface area contributed by atoms with Gasteiger partial charge in [-0.3, -0.25) is 0 Å². The van der Waals surface area contributed by atoms with Gasteiger partial charge in [0, 0.05) is 55.2 Å². The molecule has 0 bridgehead atoms. The topological polar surface area (TPSA) is 87.7 Å². The van der Waals surface area contributed by atoms with Gasteiger partial charge in [-0.05, 0) is 123 Å². The van der Waals surface area contributed by atoms with Gasteiger partial charge in [-0.2, -0.15) is 0 Å². The first-order valence-electron chi connectivity index (χ1n) is 33.7. The van der Waals surface area contributed by atoms with E-state index in [1.165, 1.54) is 54.7 Å². The predicted molar refractivity (Wildman–Crippen MR) is 411 cm³/mol. The summed E-state index contributed by atoms with van der Waals surface area (Å²) in [7, 11) is 0. The summed E-state index contributed by atoms with van der Waals surface area (Å²) in [6, 6.07) is 123. The van der Waals surface area contributed by atoms with E-state index in [-0.39, 0.29) is 0 Å². The number of fused-ring (bicyclic) bond motifs is 12. The molecule has 0 spiro atoms. The summed E-state index contributed by atoms with van der Waals surface area (Å²) in [5, 5.41) is 6.90. The molecule has 0 saturated heterocycles. The van der Waals surface area contributed by atoms with Crippen LogP contribution in [0.4, 0.5) is 0 Å². The van der Waals surface area contributed by atoms with Crippen LogP contribution in [-0.4, -0.2) is 29.1 Å². The number of hydrogen-bond donors (Lipinski definition) is 0. The van der Waals surface area contributed by atoms with Crippen LogP contribution in [-0.2, 0) is 0 Å². The fourth-order valence-electron chi connectivity index (χ4n) is 14.7. The van der Waals surface area contributed by atoms with Crippen LogP contribution in [0.25, 0.3) is 189 Å². The van der Waals surface area contributed by atoms with Crippen LogP contribution >= 0.6 is 0 Å². The lowest BCUT2D eigenvalue weighted by Gasteiger charge is -2.10. The van der Waals surface area contributed by atoms with Gasteiger partial charge in [-0.15, -0.1) is 0 Å². The fraction of sp³-hybridized carbons (Fsp3) is 0. The fourth-order valence-corrected chi connectivity index (χ4v) is 14.7. The Morgan fingerprint density at radius 3 is 1.08 bits per heavy atom. The van der Waals surface area contributed by atoms with Crippen LogP contribution in [0, 0.1) is 0 Å². The molecule has 0 aliphatic heterocycles. The van der Waals surface area contributed by atoms with Gasteiger partial charge in [-0.1, -0.05) is 273 Å². The lowest BCUT2D eigenvalue weighted by atomic mass is 9.94. The molecule has 6 aromatic heterocycles. The maximum atomic E-state index is 6.63. The number of aromatic nitrogens is 6. The maximum absolute atomic E-state index is 6.63. The molecule has 468 valence electrons. The highest BCUT2D eigenvalue weighted by Gasteiger charge is 2.25. The normalized spacial score (nSPS) is 11.6. The molecule has 0 fully saturated rings. The highest BCUT2D eigenvalue weighted by molar-refractivity contribution is 6.18. The van der Waals surface area contributed by atoms with E-state index >= 15 is 0 Å². The van der Waals surface area contributed by atoms with Crippen molar-refractivity contribution in [1.29, 1.82) is 0 Å². The van der Waals surface area contributed by atoms with E-state index < -0.39 is 0 Å². The summed E-state index contributed by atoms with van der Waals surface area (Å²) in [4.78, 5) is 20.5. The molecular formula is C92H58N6O2. The zero-order valence-electron chi connectivity index (χ0n) is 54.0. The molecule has 20 aromatic rings. The van der Waals surface area contributed by atoms with Gasteiger partial charge in [0.1, 0.15) is 33.6 Å². The van der Waals surface area contributed by atoms with Crippen LogP contribution in [0.15, 0.2) is 361 Å². The molecule has 20 rings (SSSR count). The van der Waals surface area contributed by atoms with Crippen LogP contribution in [0.3, 0.4) is 0 Å². The first-order valence-corrected chi connectivity index (χ1v) is 33.7. The third-order valence-corrected chi connectivity index (χ3v) is 19.2. The van der Waals surface area contributed by atoms with Crippen LogP contribution < -0.4 is 0 Å². The maximum Gasteiger partial charge on any atom is 0.180 e. The van der Waals surface area contributed by atoms with E-state index in [1.54, 1.807) is 0 Å². The number of para-hydroxylation sites is 4. The SMILES string of the molecule is c1ccc(-c2nc(-c3ccccc3)c3oc4cccc(-c5cccc(-c6ccc7c(c6)c6ccccc6n7-c6ccccc6)c5)c4c3n2)cc1.c1ccc(-c2nc(-c3ccccc3)c3oc4cccc(-c5cccc(-c6cccc7c6c6ccccc6n7-c6ccccc6)c5)c4c3n2)cc1. The van der Waals surface area contributed by atoms with Gasteiger partial charge < -0.3 is 18.0 Å². The number of furan rings is 2. The average molecular weight is 1280 g/mol. The molecule has 14 aromatic carbocycles. The van der Waals surface area contributed by atoms with Crippen LogP contribution in [0.1, 0.15) is 0 Å². The lowest BCUT2D eigenvalue weighted by Crippen LogP contribution is -1.94. The van der Waals surface area contributed by atoms with Crippen molar-refractivity contribution in [3.8, 4) is 101 Å². The molecule has 0 atom stereocenters. The molecular weight excluding hydrogens is 1220 g/mol. The van der Waals surface area contributed by atoms with Crippen molar-refractivity contribution < 1.29 is 8.83 Å². The average Bonchev–Trinajstić information content (AvgIpc) is 1.61. The number of nitrogens with zero attached hydrogens (tertiary/aromatic N) is 6. The van der Waals surface area contributed by atoms with E-state index in [1.807, 2.05) is 84.9 Å². The Hall–Kier alpha value is -13.6. The minimum atomic E-state index is 0.671. The van der Waals surface area contributed by atoms with Gasteiger partial charge in [0.2, 0.25) is 0 Å². The zero-order chi connectivity index (χ0) is 66.0. The van der Waals surface area contributed by atoms with Crippen molar-refractivity contribution in [3.63, 3.8) is 0 Å². The third-order valence-electron chi connectivity index (χ3n) is 19.2. The summed E-state index contributed by atoms with van der Waals surface area (Å²) >= 11 is 0. The smallest absolute Gasteiger partial charge is 0.180 e. The Balaban J connectivity index is 0.000000139. The number of benzene rings is 14. The van der Waals surface area contributed by atoms with Crippen molar-refractivity contribution >= 4 is 87.7 Å². The van der Waals surface area contributed by atoms with E-state index in [4.69, 9.17) is 28.8 Å². The van der Waals surface area contributed by atoms with Gasteiger partial charge >= 0.3 is 0 Å². The van der Waals surface area contributed by atoms with Crippen molar-refractivity contribution in [1.82, 2.24) is 29.1 Å². The summed E-state index contributed by atoms with van der Waals surface area (Å²) in [6.07, 6.45) is 0. The first kappa shape index (κ1) is 57.9. The Labute approximate surface area is 575 Å². The minimum Gasteiger partial charge on any atom is -0.452 e. The summed E-state index contributed by atoms with van der Waals surface area (Å²) in [5.74, 6) is 1.34. The van der Waals surface area contributed by atoms with Gasteiger partial charge in [0.05, 0.1) is 32.8 Å². The lowest BCUT2D eigenvalue weighted by molar-refractivity contribution is 0.667. The van der Waals surface area contributed by atoms with Crippen molar-refractivity contribution in [3.05, 3.63) is 352 Å². The van der Waals surface area contributed by atoms with E-state index in [0.29, 0.717) is 22.8 Å². The van der Waals surface area contributed by atoms with Crippen LogP contribution in [0.5, 0.6) is 0 Å². The van der Waals surface area contributed by atoms with E-state index in [0.717, 1.165) is 111 Å². The first-order chi connectivity index (χ1) is 49.6. The molecule has 0 N–H and O–H groups in total. The Morgan fingerprint density at radius 2 is 0.570 bits per heavy atom. The largest absolute Gasteiger partial charge is 0.452 e. The minimum absolute atomic E-state index is 0.671. The van der Waals surface area contributed by atoms with E-state index in [2.05, 4.69) is 276 Å². The highest BCUT2D eigenvalue weighted by atomic mass is 16.3. The van der Waals surface area contributed by atoms with Gasteiger partial charge in [-0.25, -0.2) is 19.9 Å². The highest BCUT2D eigenvalue weighted by Crippen LogP contribution is 2.46. The monoisotopic (exact) mass is 1280 g/mol. The van der Waals surface area contributed by atoms with Crippen molar-refractivity contribution in [2.45, 2.75) is 0 Å². The second-order valence-corrected chi connectivity index (χ2v) is 25.1. The quantitative estimate of drug-likeness (QED) is 0.136. The van der Waals surface area contributed by atoms with E-state index in [9.17, 15) is 0 Å². The zero-order valence-corrected chi connectivity index (χ0v) is 54.0. The molecule has 100 heavy (non-hydrogen) atoms. The molecule has 6 heterocycles. The Kier molecular flexibility index (Phi) is 14.0. The Morgan fingerprint density at radius 1 is 0.220 bits per heavy atom. The molecule has 0 radical (unpaired) electrons. The molecule has 0 aliphatic carbocycles. The molecule has 8 nitrogen and oxygen atoms in total. The standard InChI is InChI=1S/2C46H29N3O/c1-4-15-30(16-5-1)43-45-44(48-46(47-43)31-17-6-2-7-18-31)42-36(25-14-28-40(42)50-45)33-20-12-19-32(29-33)35-24-13-27-39-41(35)37-23-10-11-26-38(37)49(39)34-21-8-3-9-22-34;1-4-14-30(15-5-1)43-45-44(48-46(47-43)31-16-6-2-7-17-31)42-36(23-13-25-41(42)50-45)34-19-12-18-32(28-34)33-26-27-40-38(29-33)37-22-10-11-24-39(37)49(40)35-20-8-3-9-21-35/h2*1-29H. The predicted octanol–water partition coefficient (Wildman–Crippen LogP) is 24.3. The molecule has 0 aliphatic rings. The summed E-state index contributed by atoms with van der Waals surface area (Å²) in [5.41, 5.74) is 26.1. The number of rotatable bonds is 10. The summed E-state index contributed by atoms with van der Waals surface area (Å²) < 4.78 is 18.0. The van der Waals surface area contributed by atoms with Crippen LogP contribution in [0.2, 0.25) is 0 Å². The van der Waals surface area contributed by atoms with Crippen molar-refractivity contribution in [2.75, 3.05) is 0 Å². The number of hydrogen-bond acceptors (Lipinski definition) is 6. The molecule has 8 heteroatoms. The molecule has 0 unspecified atom stereocenters. The second kappa shape index (κ2) is 24.3. The third kappa shape index (κ3) is 9.92. The summed E-state index contributed by atoms with van der Waals surface area (Å²) in [6.45, 7) is 0. The molecule has 0 saturated carbocycles. The Bertz CT molecular complexity index is 6500. The van der Waals surface area contributed by atoms with Gasteiger partial charge in [0.25, 0.3) is 0 Å².